The Morgan fingerprint density at radius 1 is 1.40 bits per heavy atom. The maximum atomic E-state index is 3.82. The summed E-state index contributed by atoms with van der Waals surface area (Å²) in [7, 11) is 0. The third kappa shape index (κ3) is 5.36. The molecule has 0 aromatic carbocycles. The summed E-state index contributed by atoms with van der Waals surface area (Å²) in [5, 5.41) is 0. The Bertz CT molecular complexity index is 129. The Balaban J connectivity index is 3.27. The summed E-state index contributed by atoms with van der Waals surface area (Å²) in [5.74, 6) is 0. The van der Waals surface area contributed by atoms with E-state index in [4.69, 9.17) is 0 Å². The van der Waals surface area contributed by atoms with Gasteiger partial charge in [0, 0.05) is 0 Å². The van der Waals surface area contributed by atoms with Gasteiger partial charge in [0.2, 0.25) is 0 Å². The Kier molecular flexibility index (Phi) is 5.85. The van der Waals surface area contributed by atoms with Gasteiger partial charge in [-0.1, -0.05) is 43.9 Å². The predicted octanol–water partition coefficient (Wildman–Crippen LogP) is 3.48. The molecule has 0 spiro atoms. The van der Waals surface area contributed by atoms with Crippen molar-refractivity contribution in [3.63, 3.8) is 0 Å². The average molecular weight is 136 g/mol. The van der Waals surface area contributed by atoms with Gasteiger partial charge >= 0.3 is 0 Å². The van der Waals surface area contributed by atoms with Gasteiger partial charge in [-0.3, -0.25) is 0 Å². The van der Waals surface area contributed by atoms with E-state index < -0.39 is 0 Å². The van der Waals surface area contributed by atoms with Crippen LogP contribution in [0.3, 0.4) is 0 Å². The second-order valence-electron chi connectivity index (χ2n) is 2.28. The van der Waals surface area contributed by atoms with Crippen molar-refractivity contribution in [1.29, 1.82) is 0 Å². The van der Waals surface area contributed by atoms with Crippen molar-refractivity contribution in [2.75, 3.05) is 0 Å². The molecule has 0 atom stereocenters. The van der Waals surface area contributed by atoms with Gasteiger partial charge in [0.05, 0.1) is 0 Å². The summed E-state index contributed by atoms with van der Waals surface area (Å²) in [5.41, 5.74) is 1.13. The first kappa shape index (κ1) is 9.22. The molecule has 0 aromatic heterocycles. The minimum Gasteiger partial charge on any atom is -0.0988 e. The van der Waals surface area contributed by atoms with E-state index >= 15 is 0 Å². The number of rotatable bonds is 5. The lowest BCUT2D eigenvalue weighted by Gasteiger charge is -1.92. The van der Waals surface area contributed by atoms with E-state index in [2.05, 4.69) is 32.2 Å². The maximum absolute atomic E-state index is 3.82. The topological polar surface area (TPSA) is 0 Å². The third-order valence-electron chi connectivity index (χ3n) is 1.32. The zero-order valence-electron chi connectivity index (χ0n) is 6.77. The second kappa shape index (κ2) is 6.34. The first-order chi connectivity index (χ1) is 4.81. The van der Waals surface area contributed by atoms with Crippen LogP contribution in [0.15, 0.2) is 37.0 Å². The largest absolute Gasteiger partial charge is 0.0988 e. The second-order valence-corrected chi connectivity index (χ2v) is 2.28. The predicted molar refractivity (Wildman–Crippen MR) is 48.0 cm³/mol. The molecule has 0 heterocycles. The molecule has 0 heteroatoms. The maximum Gasteiger partial charge on any atom is -0.0250 e. The van der Waals surface area contributed by atoms with Gasteiger partial charge in [0.15, 0.2) is 0 Å². The first-order valence-corrected chi connectivity index (χ1v) is 3.76. The van der Waals surface area contributed by atoms with Crippen LogP contribution < -0.4 is 0 Å². The SMILES string of the molecule is C=CC(=C)CC/C=C/CC. The lowest BCUT2D eigenvalue weighted by Crippen LogP contribution is -1.72. The smallest absolute Gasteiger partial charge is 0.0250 e. The van der Waals surface area contributed by atoms with Gasteiger partial charge in [-0.05, 0) is 19.3 Å². The lowest BCUT2D eigenvalue weighted by molar-refractivity contribution is 1.00. The van der Waals surface area contributed by atoms with Crippen molar-refractivity contribution < 1.29 is 0 Å². The fourth-order valence-corrected chi connectivity index (χ4v) is 0.655. The number of hydrogen-bond donors (Lipinski definition) is 0. The van der Waals surface area contributed by atoms with Crippen LogP contribution >= 0.6 is 0 Å². The van der Waals surface area contributed by atoms with Gasteiger partial charge in [-0.15, -0.1) is 0 Å². The number of allylic oxidation sites excluding steroid dienone is 4. The van der Waals surface area contributed by atoms with Crippen molar-refractivity contribution in [1.82, 2.24) is 0 Å². The number of hydrogen-bond acceptors (Lipinski definition) is 0. The van der Waals surface area contributed by atoms with Crippen LogP contribution in [-0.2, 0) is 0 Å². The fraction of sp³-hybridized carbons (Fsp3) is 0.400. The lowest BCUT2D eigenvalue weighted by atomic mass is 10.1. The van der Waals surface area contributed by atoms with Crippen LogP contribution in [0.4, 0.5) is 0 Å². The minimum atomic E-state index is 1.04. The molecule has 0 amide bonds. The Hall–Kier alpha value is -0.780. The summed E-state index contributed by atoms with van der Waals surface area (Å²) < 4.78 is 0. The van der Waals surface area contributed by atoms with Crippen molar-refractivity contribution >= 4 is 0 Å². The summed E-state index contributed by atoms with van der Waals surface area (Å²) >= 11 is 0. The molecule has 56 valence electrons. The highest BCUT2D eigenvalue weighted by atomic mass is 13.9. The highest BCUT2D eigenvalue weighted by Gasteiger charge is 1.83. The standard InChI is InChI=1S/C10H16/c1-4-6-7-8-9-10(3)5-2/h5-7H,2-4,8-9H2,1H3/b7-6+. The van der Waals surface area contributed by atoms with Gasteiger partial charge in [-0.25, -0.2) is 0 Å². The van der Waals surface area contributed by atoms with E-state index in [1.807, 2.05) is 6.08 Å². The fourth-order valence-electron chi connectivity index (χ4n) is 0.655. The van der Waals surface area contributed by atoms with Gasteiger partial charge < -0.3 is 0 Å². The summed E-state index contributed by atoms with van der Waals surface area (Å²) in [4.78, 5) is 0. The van der Waals surface area contributed by atoms with Crippen molar-refractivity contribution in [2.24, 2.45) is 0 Å². The molecule has 0 saturated carbocycles. The van der Waals surface area contributed by atoms with Crippen LogP contribution in [0.25, 0.3) is 0 Å². The average Bonchev–Trinajstić information content (AvgIpc) is 1.98. The molecule has 0 unspecified atom stereocenters. The molecule has 0 bridgehead atoms. The summed E-state index contributed by atoms with van der Waals surface area (Å²) in [6.45, 7) is 9.59. The molecule has 0 aliphatic carbocycles. The van der Waals surface area contributed by atoms with E-state index in [0.29, 0.717) is 0 Å². The molecule has 0 radical (unpaired) electrons. The molecule has 0 saturated heterocycles. The van der Waals surface area contributed by atoms with Crippen LogP contribution in [-0.4, -0.2) is 0 Å². The molecule has 0 aliphatic heterocycles. The summed E-state index contributed by atoms with van der Waals surface area (Å²) in [6, 6.07) is 0. The van der Waals surface area contributed by atoms with Crippen molar-refractivity contribution in [2.45, 2.75) is 26.2 Å². The molecule has 0 fully saturated rings. The van der Waals surface area contributed by atoms with E-state index in [-0.39, 0.29) is 0 Å². The third-order valence-corrected chi connectivity index (χ3v) is 1.32. The zero-order valence-corrected chi connectivity index (χ0v) is 6.77. The molecule has 10 heavy (non-hydrogen) atoms. The van der Waals surface area contributed by atoms with Crippen molar-refractivity contribution in [3.05, 3.63) is 37.0 Å². The Labute approximate surface area is 64.0 Å². The van der Waals surface area contributed by atoms with Gasteiger partial charge in [-0.2, -0.15) is 0 Å². The Morgan fingerprint density at radius 3 is 2.60 bits per heavy atom. The first-order valence-electron chi connectivity index (χ1n) is 3.76. The van der Waals surface area contributed by atoms with Gasteiger partial charge in [0.1, 0.15) is 0 Å². The molecular formula is C10H16. The molecule has 0 nitrogen and oxygen atoms in total. The normalized spacial score (nSPS) is 10.1. The molecule has 0 N–H and O–H groups in total. The van der Waals surface area contributed by atoms with Crippen LogP contribution in [0.1, 0.15) is 26.2 Å². The van der Waals surface area contributed by atoms with E-state index in [0.717, 1.165) is 24.8 Å². The Morgan fingerprint density at radius 2 is 2.10 bits per heavy atom. The molecule has 0 aliphatic rings. The van der Waals surface area contributed by atoms with Crippen molar-refractivity contribution in [3.8, 4) is 0 Å². The highest BCUT2D eigenvalue weighted by molar-refractivity contribution is 5.11. The monoisotopic (exact) mass is 136 g/mol. The summed E-state index contributed by atoms with van der Waals surface area (Å²) in [6.07, 6.45) is 9.45. The zero-order chi connectivity index (χ0) is 7.82. The molecular weight excluding hydrogens is 120 g/mol. The van der Waals surface area contributed by atoms with Crippen LogP contribution in [0.2, 0.25) is 0 Å². The minimum absolute atomic E-state index is 1.04. The quantitative estimate of drug-likeness (QED) is 0.401. The molecule has 0 rings (SSSR count). The van der Waals surface area contributed by atoms with E-state index in [9.17, 15) is 0 Å². The van der Waals surface area contributed by atoms with E-state index in [1.165, 1.54) is 0 Å². The van der Waals surface area contributed by atoms with Crippen LogP contribution in [0.5, 0.6) is 0 Å². The van der Waals surface area contributed by atoms with Gasteiger partial charge in [0.25, 0.3) is 0 Å². The molecule has 0 aromatic rings. The van der Waals surface area contributed by atoms with E-state index in [1.54, 1.807) is 0 Å². The van der Waals surface area contributed by atoms with Crippen LogP contribution in [0, 0.1) is 0 Å². The highest BCUT2D eigenvalue weighted by Crippen LogP contribution is 2.03.